The molecular weight excluding hydrogens is 550 g/mol. The molecule has 0 aliphatic rings. The third kappa shape index (κ3) is 8.75. The van der Waals surface area contributed by atoms with Gasteiger partial charge in [0, 0.05) is 30.3 Å². The first-order chi connectivity index (χ1) is 19.5. The number of rotatable bonds is 12. The molecule has 0 saturated heterocycles. The number of anilines is 1. The van der Waals surface area contributed by atoms with Crippen LogP contribution in [-0.2, 0) is 37.2 Å². The number of aryl methyl sites for hydroxylation is 1. The van der Waals surface area contributed by atoms with Crippen LogP contribution in [0.5, 0.6) is 0 Å². The summed E-state index contributed by atoms with van der Waals surface area (Å²) in [5, 5.41) is 6.13. The molecule has 10 heteroatoms. The average molecular weight is 598 g/mol. The summed E-state index contributed by atoms with van der Waals surface area (Å²) in [6.45, 7) is 13.3. The van der Waals surface area contributed by atoms with Gasteiger partial charge in [-0.25, -0.2) is 4.21 Å². The Labute approximate surface area is 253 Å². The molecule has 2 aromatic carbocycles. The number of benzene rings is 2. The highest BCUT2D eigenvalue weighted by Crippen LogP contribution is 2.28. The van der Waals surface area contributed by atoms with E-state index in [1.165, 1.54) is 4.90 Å². The van der Waals surface area contributed by atoms with Gasteiger partial charge in [-0.05, 0) is 55.1 Å². The summed E-state index contributed by atoms with van der Waals surface area (Å²) >= 11 is 0. The summed E-state index contributed by atoms with van der Waals surface area (Å²) in [5.74, 6) is -1.07. The van der Waals surface area contributed by atoms with Crippen LogP contribution < -0.4 is 21.1 Å². The van der Waals surface area contributed by atoms with Crippen LogP contribution in [0.1, 0.15) is 59.6 Å². The summed E-state index contributed by atoms with van der Waals surface area (Å²) in [6, 6.07) is 13.4. The minimum absolute atomic E-state index is 0.125. The fourth-order valence-corrected chi connectivity index (χ4v) is 5.75. The van der Waals surface area contributed by atoms with Crippen molar-refractivity contribution in [1.29, 1.82) is 0 Å². The molecule has 42 heavy (non-hydrogen) atoms. The molecular formula is C32H47N5O4S. The van der Waals surface area contributed by atoms with E-state index in [0.717, 1.165) is 11.1 Å². The molecule has 0 radical (unpaired) electrons. The van der Waals surface area contributed by atoms with Crippen molar-refractivity contribution in [3.05, 3.63) is 71.3 Å². The number of carbonyl (C=O) groups excluding carboxylic acids is 3. The monoisotopic (exact) mass is 597 g/mol. The van der Waals surface area contributed by atoms with Gasteiger partial charge in [-0.1, -0.05) is 78.0 Å². The van der Waals surface area contributed by atoms with Crippen molar-refractivity contribution < 1.29 is 18.6 Å². The number of nitrogens with one attached hydrogen (secondary N) is 3. The van der Waals surface area contributed by atoms with Gasteiger partial charge in [0.25, 0.3) is 5.91 Å². The van der Waals surface area contributed by atoms with E-state index in [4.69, 9.17) is 5.73 Å². The maximum atomic E-state index is 13.6. The van der Waals surface area contributed by atoms with Crippen molar-refractivity contribution in [2.45, 2.75) is 77.3 Å². The van der Waals surface area contributed by atoms with Gasteiger partial charge in [0.15, 0.2) is 11.0 Å². The van der Waals surface area contributed by atoms with E-state index in [-0.39, 0.29) is 18.4 Å². The second-order valence-corrected chi connectivity index (χ2v) is 13.3. The number of nitrogens with two attached hydrogens (primary N) is 1. The normalized spacial score (nSPS) is 14.5. The van der Waals surface area contributed by atoms with Crippen molar-refractivity contribution in [1.82, 2.24) is 20.3 Å². The maximum Gasteiger partial charge on any atom is 0.258 e. The third-order valence-corrected chi connectivity index (χ3v) is 8.61. The van der Waals surface area contributed by atoms with E-state index < -0.39 is 39.8 Å². The topological polar surface area (TPSA) is 134 Å². The smallest absolute Gasteiger partial charge is 0.258 e. The molecule has 0 aliphatic carbocycles. The molecule has 0 fully saturated rings. The summed E-state index contributed by atoms with van der Waals surface area (Å²) in [7, 11) is 1.60. The standard InChI is InChI=1S/C32H47N5O4S/c1-10-22-20-24(33)16-17-25(22)42(41)36-28(38)21(2)18-19-37(9)30(40)27(31(3,4)5)35-29(39)26(34-8)32(6,7)23-14-12-11-13-15-23/h11-18,20,26-27,34H,10,19,33H2,1-9H3,(H,35,39)(H,36,38)/b21-18+. The Balaban J connectivity index is 2.14. The van der Waals surface area contributed by atoms with E-state index >= 15 is 0 Å². The van der Waals surface area contributed by atoms with Gasteiger partial charge < -0.3 is 21.3 Å². The molecule has 0 heterocycles. The first-order valence-electron chi connectivity index (χ1n) is 14.1. The molecule has 0 saturated carbocycles. The summed E-state index contributed by atoms with van der Waals surface area (Å²) in [5.41, 5.74) is 7.37. The number of carbonyl (C=O) groups is 3. The Morgan fingerprint density at radius 2 is 1.64 bits per heavy atom. The van der Waals surface area contributed by atoms with Gasteiger partial charge in [-0.3, -0.25) is 19.1 Å². The van der Waals surface area contributed by atoms with Crippen molar-refractivity contribution in [2.24, 2.45) is 5.41 Å². The van der Waals surface area contributed by atoms with Gasteiger partial charge in [-0.15, -0.1) is 0 Å². The highest BCUT2D eigenvalue weighted by Gasteiger charge is 2.40. The summed E-state index contributed by atoms with van der Waals surface area (Å²) in [4.78, 5) is 41.9. The molecule has 0 bridgehead atoms. The van der Waals surface area contributed by atoms with Gasteiger partial charge >= 0.3 is 0 Å². The van der Waals surface area contributed by atoms with Crippen molar-refractivity contribution in [3.8, 4) is 0 Å². The van der Waals surface area contributed by atoms with Crippen LogP contribution in [-0.4, -0.2) is 59.6 Å². The van der Waals surface area contributed by atoms with Crippen LogP contribution in [0, 0.1) is 5.41 Å². The van der Waals surface area contributed by atoms with Gasteiger partial charge in [-0.2, -0.15) is 0 Å². The van der Waals surface area contributed by atoms with E-state index in [1.807, 2.05) is 71.9 Å². The van der Waals surface area contributed by atoms with Gasteiger partial charge in [0.2, 0.25) is 11.8 Å². The quantitative estimate of drug-likeness (QED) is 0.219. The number of nitrogens with zero attached hydrogens (tertiary/aromatic N) is 1. The molecule has 3 unspecified atom stereocenters. The zero-order valence-electron chi connectivity index (χ0n) is 26.3. The minimum Gasteiger partial charge on any atom is -0.399 e. The molecule has 0 spiro atoms. The first kappa shape index (κ1) is 34.7. The Morgan fingerprint density at radius 1 is 1.02 bits per heavy atom. The zero-order chi connectivity index (χ0) is 31.8. The van der Waals surface area contributed by atoms with E-state index in [2.05, 4.69) is 15.4 Å². The molecule has 3 amide bonds. The Bertz CT molecular complexity index is 1320. The molecule has 2 aromatic rings. The minimum atomic E-state index is -1.76. The van der Waals surface area contributed by atoms with Crippen LogP contribution in [0.4, 0.5) is 5.69 Å². The molecule has 0 aliphatic heterocycles. The summed E-state index contributed by atoms with van der Waals surface area (Å²) < 4.78 is 15.4. The van der Waals surface area contributed by atoms with Crippen LogP contribution in [0.25, 0.3) is 0 Å². The van der Waals surface area contributed by atoms with Crippen LogP contribution in [0.15, 0.2) is 65.1 Å². The molecule has 230 valence electrons. The highest BCUT2D eigenvalue weighted by molar-refractivity contribution is 7.83. The Hall–Kier alpha value is -3.50. The average Bonchev–Trinajstić information content (AvgIpc) is 2.93. The lowest BCUT2D eigenvalue weighted by Gasteiger charge is -2.38. The predicted molar refractivity (Wildman–Crippen MR) is 170 cm³/mol. The fraction of sp³-hybridized carbons (Fsp3) is 0.469. The van der Waals surface area contributed by atoms with Crippen molar-refractivity contribution in [2.75, 3.05) is 26.4 Å². The van der Waals surface area contributed by atoms with Crippen LogP contribution >= 0.6 is 0 Å². The molecule has 2 rings (SSSR count). The number of nitrogen functional groups attached to an aromatic ring is 1. The van der Waals surface area contributed by atoms with Crippen LogP contribution in [0.2, 0.25) is 0 Å². The number of hydrogen-bond donors (Lipinski definition) is 4. The number of likely N-dealkylation sites (N-methyl/N-ethyl adjacent to an activating group) is 2. The lowest BCUT2D eigenvalue weighted by molar-refractivity contribution is -0.139. The molecule has 0 aromatic heterocycles. The number of hydrogen-bond acceptors (Lipinski definition) is 6. The second kappa shape index (κ2) is 14.6. The second-order valence-electron chi connectivity index (χ2n) is 12.1. The van der Waals surface area contributed by atoms with Gasteiger partial charge in [0.05, 0.1) is 10.9 Å². The largest absolute Gasteiger partial charge is 0.399 e. The van der Waals surface area contributed by atoms with Gasteiger partial charge in [0.1, 0.15) is 6.04 Å². The summed E-state index contributed by atoms with van der Waals surface area (Å²) in [6.07, 6.45) is 2.22. The predicted octanol–water partition coefficient (Wildman–Crippen LogP) is 3.47. The molecule has 9 nitrogen and oxygen atoms in total. The zero-order valence-corrected chi connectivity index (χ0v) is 27.1. The number of amides is 3. The lowest BCUT2D eigenvalue weighted by Crippen LogP contribution is -2.60. The van der Waals surface area contributed by atoms with Crippen molar-refractivity contribution >= 4 is 34.4 Å². The van der Waals surface area contributed by atoms with Crippen LogP contribution in [0.3, 0.4) is 0 Å². The fourth-order valence-electron chi connectivity index (χ4n) is 4.68. The Kier molecular flexibility index (Phi) is 12.1. The van der Waals surface area contributed by atoms with E-state index in [1.54, 1.807) is 45.3 Å². The molecule has 5 N–H and O–H groups in total. The van der Waals surface area contributed by atoms with E-state index in [9.17, 15) is 18.6 Å². The maximum absolute atomic E-state index is 13.6. The van der Waals surface area contributed by atoms with E-state index in [0.29, 0.717) is 22.6 Å². The molecule has 3 atom stereocenters. The third-order valence-electron chi connectivity index (χ3n) is 7.45. The lowest BCUT2D eigenvalue weighted by atomic mass is 9.76. The first-order valence-corrected chi connectivity index (χ1v) is 15.3. The van der Waals surface area contributed by atoms with Crippen molar-refractivity contribution in [3.63, 3.8) is 0 Å². The SMILES string of the molecule is CCc1cc(N)ccc1S(=O)NC(=O)/C(C)=C/CN(C)C(=O)C(NC(=O)C(NC)C(C)(C)c1ccccc1)C(C)(C)C. The highest BCUT2D eigenvalue weighted by atomic mass is 32.2. The Morgan fingerprint density at radius 3 is 2.19 bits per heavy atom.